The summed E-state index contributed by atoms with van der Waals surface area (Å²) in [6.07, 6.45) is 11.4. The molecule has 98 valence electrons. The summed E-state index contributed by atoms with van der Waals surface area (Å²) in [7, 11) is 1.97. The molecule has 1 saturated carbocycles. The Bertz CT molecular complexity index is 363. The molecule has 2 rings (SSSR count). The Morgan fingerprint density at radius 1 is 1.17 bits per heavy atom. The minimum absolute atomic E-state index is 0.851. The highest BCUT2D eigenvalue weighted by Gasteiger charge is 2.14. The predicted octanol–water partition coefficient (Wildman–Crippen LogP) is 4.34. The Hall–Kier alpha value is -0.730. The van der Waals surface area contributed by atoms with Crippen LogP contribution < -0.4 is 5.32 Å². The average molecular weight is 261 g/mol. The lowest BCUT2D eigenvalue weighted by atomic mass is 10.0. The van der Waals surface area contributed by atoms with Crippen molar-refractivity contribution in [3.05, 3.63) is 35.9 Å². The van der Waals surface area contributed by atoms with Crippen LogP contribution in [-0.4, -0.2) is 18.8 Å². The maximum absolute atomic E-state index is 3.11. The third-order valence-electron chi connectivity index (χ3n) is 3.37. The van der Waals surface area contributed by atoms with Gasteiger partial charge in [0.05, 0.1) is 0 Å². The highest BCUT2D eigenvalue weighted by Crippen LogP contribution is 2.33. The van der Waals surface area contributed by atoms with Gasteiger partial charge in [-0.3, -0.25) is 0 Å². The molecule has 18 heavy (non-hydrogen) atoms. The van der Waals surface area contributed by atoms with Crippen molar-refractivity contribution in [1.82, 2.24) is 5.32 Å². The van der Waals surface area contributed by atoms with E-state index in [1.165, 1.54) is 42.6 Å². The standard InChI is InChI=1S/C16H23NS/c1-17-13-5-6-14-9-11-16(12-10-14)18-15-7-3-2-4-8-15/h5-6,9-12,15,17H,2-4,7-8,13H2,1H3. The van der Waals surface area contributed by atoms with E-state index < -0.39 is 0 Å². The number of thioether (sulfide) groups is 1. The van der Waals surface area contributed by atoms with Crippen LogP contribution in [0.4, 0.5) is 0 Å². The Labute approximate surface area is 115 Å². The van der Waals surface area contributed by atoms with Gasteiger partial charge in [-0.15, -0.1) is 11.8 Å². The Morgan fingerprint density at radius 3 is 2.56 bits per heavy atom. The van der Waals surface area contributed by atoms with Gasteiger partial charge in [0.2, 0.25) is 0 Å². The fourth-order valence-corrected chi connectivity index (χ4v) is 3.59. The van der Waals surface area contributed by atoms with Gasteiger partial charge in [-0.1, -0.05) is 43.5 Å². The highest BCUT2D eigenvalue weighted by molar-refractivity contribution is 8.00. The molecule has 1 N–H and O–H groups in total. The van der Waals surface area contributed by atoms with Gasteiger partial charge < -0.3 is 5.32 Å². The second kappa shape index (κ2) is 7.65. The predicted molar refractivity (Wildman–Crippen MR) is 82.1 cm³/mol. The van der Waals surface area contributed by atoms with E-state index in [9.17, 15) is 0 Å². The summed E-state index contributed by atoms with van der Waals surface area (Å²) in [6.45, 7) is 0.929. The van der Waals surface area contributed by atoms with E-state index in [4.69, 9.17) is 0 Å². The molecule has 0 radical (unpaired) electrons. The zero-order valence-electron chi connectivity index (χ0n) is 11.2. The van der Waals surface area contributed by atoms with E-state index >= 15 is 0 Å². The molecule has 1 aromatic rings. The largest absolute Gasteiger partial charge is 0.316 e. The zero-order chi connectivity index (χ0) is 12.6. The maximum Gasteiger partial charge on any atom is 0.0135 e. The monoisotopic (exact) mass is 261 g/mol. The van der Waals surface area contributed by atoms with E-state index in [2.05, 4.69) is 53.5 Å². The smallest absolute Gasteiger partial charge is 0.0135 e. The quantitative estimate of drug-likeness (QED) is 0.846. The second-order valence-corrected chi connectivity index (χ2v) is 6.28. The van der Waals surface area contributed by atoms with Gasteiger partial charge in [-0.05, 0) is 37.6 Å². The van der Waals surface area contributed by atoms with Crippen LogP contribution >= 0.6 is 11.8 Å². The molecular weight excluding hydrogens is 238 g/mol. The minimum Gasteiger partial charge on any atom is -0.316 e. The van der Waals surface area contributed by atoms with Crippen molar-refractivity contribution in [3.63, 3.8) is 0 Å². The number of benzene rings is 1. The van der Waals surface area contributed by atoms with E-state index in [1.807, 2.05) is 7.05 Å². The van der Waals surface area contributed by atoms with E-state index in [0.717, 1.165) is 11.8 Å². The summed E-state index contributed by atoms with van der Waals surface area (Å²) >= 11 is 2.07. The number of nitrogens with one attached hydrogen (secondary N) is 1. The van der Waals surface area contributed by atoms with Crippen LogP contribution in [0, 0.1) is 0 Å². The molecule has 2 heteroatoms. The molecule has 0 heterocycles. The molecule has 0 aliphatic heterocycles. The maximum atomic E-state index is 3.11. The molecule has 0 spiro atoms. The first-order valence-electron chi connectivity index (χ1n) is 6.96. The molecule has 1 aliphatic carbocycles. The van der Waals surface area contributed by atoms with Gasteiger partial charge in [0.25, 0.3) is 0 Å². The molecule has 1 nitrogen and oxygen atoms in total. The molecular formula is C16H23NS. The van der Waals surface area contributed by atoms with Gasteiger partial charge in [-0.25, -0.2) is 0 Å². The number of likely N-dealkylation sites (N-methyl/N-ethyl adjacent to an activating group) is 1. The fourth-order valence-electron chi connectivity index (χ4n) is 2.35. The van der Waals surface area contributed by atoms with Crippen molar-refractivity contribution in [3.8, 4) is 0 Å². The van der Waals surface area contributed by atoms with Crippen LogP contribution in [0.15, 0.2) is 35.2 Å². The first-order chi connectivity index (χ1) is 8.88. The molecule has 1 aliphatic rings. The topological polar surface area (TPSA) is 12.0 Å². The van der Waals surface area contributed by atoms with Crippen LogP contribution in [-0.2, 0) is 0 Å². The van der Waals surface area contributed by atoms with Gasteiger partial charge in [-0.2, -0.15) is 0 Å². The van der Waals surface area contributed by atoms with Crippen molar-refractivity contribution in [1.29, 1.82) is 0 Å². The number of rotatable bonds is 5. The Morgan fingerprint density at radius 2 is 1.89 bits per heavy atom. The molecule has 0 unspecified atom stereocenters. The minimum atomic E-state index is 0.851. The van der Waals surface area contributed by atoms with Crippen molar-refractivity contribution in [2.75, 3.05) is 13.6 Å². The van der Waals surface area contributed by atoms with Crippen molar-refractivity contribution < 1.29 is 0 Å². The summed E-state index contributed by atoms with van der Waals surface area (Å²) in [5.41, 5.74) is 1.29. The van der Waals surface area contributed by atoms with E-state index in [0.29, 0.717) is 0 Å². The number of hydrogen-bond acceptors (Lipinski definition) is 2. The van der Waals surface area contributed by atoms with Crippen LogP contribution in [0.2, 0.25) is 0 Å². The molecule has 0 aromatic heterocycles. The van der Waals surface area contributed by atoms with Crippen LogP contribution in [0.5, 0.6) is 0 Å². The van der Waals surface area contributed by atoms with Crippen LogP contribution in [0.25, 0.3) is 6.08 Å². The highest BCUT2D eigenvalue weighted by atomic mass is 32.2. The molecule has 1 fully saturated rings. The third-order valence-corrected chi connectivity index (χ3v) is 4.72. The number of hydrogen-bond donors (Lipinski definition) is 1. The molecule has 0 saturated heterocycles. The molecule has 1 aromatic carbocycles. The Kier molecular flexibility index (Phi) is 5.82. The molecule has 0 bridgehead atoms. The van der Waals surface area contributed by atoms with Crippen molar-refractivity contribution in [2.24, 2.45) is 0 Å². The lowest BCUT2D eigenvalue weighted by Gasteiger charge is -2.20. The molecule has 0 atom stereocenters. The normalized spacial score (nSPS) is 17.4. The Balaban J connectivity index is 1.86. The van der Waals surface area contributed by atoms with Gasteiger partial charge in [0, 0.05) is 16.7 Å². The van der Waals surface area contributed by atoms with Crippen LogP contribution in [0.1, 0.15) is 37.7 Å². The van der Waals surface area contributed by atoms with E-state index in [-0.39, 0.29) is 0 Å². The first-order valence-corrected chi connectivity index (χ1v) is 7.84. The summed E-state index contributed by atoms with van der Waals surface area (Å²) in [4.78, 5) is 1.42. The van der Waals surface area contributed by atoms with Crippen molar-refractivity contribution >= 4 is 17.8 Å². The zero-order valence-corrected chi connectivity index (χ0v) is 12.0. The second-order valence-electron chi connectivity index (χ2n) is 4.91. The van der Waals surface area contributed by atoms with E-state index in [1.54, 1.807) is 0 Å². The lowest BCUT2D eigenvalue weighted by molar-refractivity contribution is 0.516. The fraction of sp³-hybridized carbons (Fsp3) is 0.500. The average Bonchev–Trinajstić information content (AvgIpc) is 2.42. The SMILES string of the molecule is CNCC=Cc1ccc(SC2CCCCC2)cc1. The lowest BCUT2D eigenvalue weighted by Crippen LogP contribution is -2.07. The van der Waals surface area contributed by atoms with Crippen molar-refractivity contribution in [2.45, 2.75) is 42.2 Å². The third kappa shape index (κ3) is 4.51. The first kappa shape index (κ1) is 13.7. The van der Waals surface area contributed by atoms with Gasteiger partial charge >= 0.3 is 0 Å². The van der Waals surface area contributed by atoms with Gasteiger partial charge in [0.1, 0.15) is 0 Å². The summed E-state index contributed by atoms with van der Waals surface area (Å²) < 4.78 is 0. The summed E-state index contributed by atoms with van der Waals surface area (Å²) in [5, 5.41) is 3.96. The summed E-state index contributed by atoms with van der Waals surface area (Å²) in [6, 6.07) is 8.96. The summed E-state index contributed by atoms with van der Waals surface area (Å²) in [5.74, 6) is 0. The molecule has 0 amide bonds. The van der Waals surface area contributed by atoms with Gasteiger partial charge in [0.15, 0.2) is 0 Å². The van der Waals surface area contributed by atoms with Crippen LogP contribution in [0.3, 0.4) is 0 Å².